The van der Waals surface area contributed by atoms with Gasteiger partial charge in [0, 0.05) is 11.0 Å². The molecule has 0 fully saturated rings. The Morgan fingerprint density at radius 2 is 2.15 bits per heavy atom. The predicted octanol–water partition coefficient (Wildman–Crippen LogP) is 1.43. The van der Waals surface area contributed by atoms with Crippen molar-refractivity contribution in [3.8, 4) is 0 Å². The topological polar surface area (TPSA) is 46.5 Å². The van der Waals surface area contributed by atoms with Crippen LogP contribution < -0.4 is 0 Å². The minimum atomic E-state index is -0.359. The second-order valence-corrected chi connectivity index (χ2v) is 5.29. The molecule has 0 aromatic carbocycles. The highest BCUT2D eigenvalue weighted by molar-refractivity contribution is 9.10. The zero-order chi connectivity index (χ0) is 10.4. The molecule has 0 bridgehead atoms. The summed E-state index contributed by atoms with van der Waals surface area (Å²) in [6.45, 7) is 3.66. The Balaban J connectivity index is 3.69. The monoisotopic (exact) mass is 270 g/mol. The minimum absolute atomic E-state index is 0.129. The van der Waals surface area contributed by atoms with Crippen LogP contribution in [0.2, 0.25) is 0 Å². The number of esters is 1. The van der Waals surface area contributed by atoms with E-state index < -0.39 is 0 Å². The van der Waals surface area contributed by atoms with Gasteiger partial charge in [-0.2, -0.15) is 11.8 Å². The fourth-order valence-corrected chi connectivity index (χ4v) is 2.10. The van der Waals surface area contributed by atoms with E-state index in [-0.39, 0.29) is 22.2 Å². The Morgan fingerprint density at radius 3 is 2.54 bits per heavy atom. The number of thioether (sulfide) groups is 1. The summed E-state index contributed by atoms with van der Waals surface area (Å²) >= 11 is 4.74. The van der Waals surface area contributed by atoms with E-state index in [4.69, 9.17) is 0 Å². The number of carbonyl (C=O) groups excluding carboxylic acids is 1. The van der Waals surface area contributed by atoms with Crippen molar-refractivity contribution in [1.82, 2.24) is 0 Å². The highest BCUT2D eigenvalue weighted by atomic mass is 79.9. The maximum atomic E-state index is 10.9. The van der Waals surface area contributed by atoms with Gasteiger partial charge in [0.05, 0.1) is 13.2 Å². The molecular weight excluding hydrogens is 256 g/mol. The normalized spacial score (nSPS) is 17.6. The van der Waals surface area contributed by atoms with Gasteiger partial charge in [-0.1, -0.05) is 22.9 Å². The van der Waals surface area contributed by atoms with Crippen molar-refractivity contribution in [2.45, 2.75) is 30.0 Å². The molecule has 3 atom stereocenters. The van der Waals surface area contributed by atoms with Crippen molar-refractivity contribution in [3.05, 3.63) is 0 Å². The zero-order valence-electron chi connectivity index (χ0n) is 7.99. The first-order valence-electron chi connectivity index (χ1n) is 4.00. The van der Waals surface area contributed by atoms with Gasteiger partial charge in [-0.25, -0.2) is 0 Å². The minimum Gasteiger partial charge on any atom is -0.468 e. The lowest BCUT2D eigenvalue weighted by Gasteiger charge is -2.15. The number of methoxy groups -OCH3 is 1. The molecule has 0 aromatic rings. The SMILES string of the molecule is COC(=O)C(Br)CSC(C)C(C)O. The third-order valence-corrected chi connectivity index (χ3v) is 4.21. The number of hydrogen-bond acceptors (Lipinski definition) is 4. The second-order valence-electron chi connectivity index (χ2n) is 2.77. The lowest BCUT2D eigenvalue weighted by atomic mass is 10.3. The molecular formula is C8H15BrO3S. The van der Waals surface area contributed by atoms with Gasteiger partial charge in [-0.3, -0.25) is 4.79 Å². The van der Waals surface area contributed by atoms with Crippen LogP contribution in [-0.4, -0.2) is 40.1 Å². The average Bonchev–Trinajstić information content (AvgIpc) is 2.11. The Labute approximate surface area is 91.4 Å². The van der Waals surface area contributed by atoms with Crippen LogP contribution in [0.1, 0.15) is 13.8 Å². The van der Waals surface area contributed by atoms with Gasteiger partial charge in [-0.15, -0.1) is 0 Å². The smallest absolute Gasteiger partial charge is 0.320 e. The van der Waals surface area contributed by atoms with Crippen LogP contribution in [0.25, 0.3) is 0 Å². The fraction of sp³-hybridized carbons (Fsp3) is 0.875. The number of carbonyl (C=O) groups is 1. The lowest BCUT2D eigenvalue weighted by molar-refractivity contribution is -0.139. The third-order valence-electron chi connectivity index (χ3n) is 1.64. The Morgan fingerprint density at radius 1 is 1.62 bits per heavy atom. The molecule has 0 amide bonds. The molecule has 0 spiro atoms. The number of hydrogen-bond donors (Lipinski definition) is 1. The fourth-order valence-electron chi connectivity index (χ4n) is 0.571. The van der Waals surface area contributed by atoms with Crippen molar-refractivity contribution in [2.24, 2.45) is 0 Å². The highest BCUT2D eigenvalue weighted by Gasteiger charge is 2.18. The lowest BCUT2D eigenvalue weighted by Crippen LogP contribution is -2.22. The van der Waals surface area contributed by atoms with E-state index in [1.54, 1.807) is 6.92 Å². The summed E-state index contributed by atoms with van der Waals surface area (Å²) in [5, 5.41) is 9.31. The van der Waals surface area contributed by atoms with Crippen LogP contribution in [0.15, 0.2) is 0 Å². The maximum Gasteiger partial charge on any atom is 0.320 e. The van der Waals surface area contributed by atoms with Gasteiger partial charge in [0.15, 0.2) is 0 Å². The molecule has 78 valence electrons. The average molecular weight is 271 g/mol. The number of alkyl halides is 1. The largest absolute Gasteiger partial charge is 0.468 e. The van der Waals surface area contributed by atoms with Crippen molar-refractivity contribution < 1.29 is 14.6 Å². The molecule has 0 rings (SSSR count). The molecule has 0 heterocycles. The van der Waals surface area contributed by atoms with Gasteiger partial charge >= 0.3 is 5.97 Å². The van der Waals surface area contributed by atoms with Crippen molar-refractivity contribution in [1.29, 1.82) is 0 Å². The summed E-state index contributed by atoms with van der Waals surface area (Å²) in [6, 6.07) is 0. The Bertz CT molecular complexity index is 163. The molecule has 0 aliphatic rings. The standard InChI is InChI=1S/C8H15BrO3S/c1-5(10)6(2)13-4-7(9)8(11)12-3/h5-7,10H,4H2,1-3H3. The molecule has 0 saturated heterocycles. The van der Waals surface area contributed by atoms with Gasteiger partial charge in [0.1, 0.15) is 4.83 Å². The summed E-state index contributed by atoms with van der Waals surface area (Å²) in [5.41, 5.74) is 0. The Kier molecular flexibility index (Phi) is 6.81. The van der Waals surface area contributed by atoms with Crippen molar-refractivity contribution in [2.75, 3.05) is 12.9 Å². The molecule has 3 nitrogen and oxygen atoms in total. The molecule has 0 saturated carbocycles. The highest BCUT2D eigenvalue weighted by Crippen LogP contribution is 2.18. The first kappa shape index (κ1) is 13.3. The van der Waals surface area contributed by atoms with Crippen LogP contribution in [0.5, 0.6) is 0 Å². The third kappa shape index (κ3) is 5.54. The Hall–Kier alpha value is 0.260. The molecule has 3 unspecified atom stereocenters. The van der Waals surface area contributed by atoms with Gasteiger partial charge in [-0.05, 0) is 6.92 Å². The van der Waals surface area contributed by atoms with Crippen LogP contribution in [-0.2, 0) is 9.53 Å². The molecule has 13 heavy (non-hydrogen) atoms. The number of rotatable bonds is 5. The van der Waals surface area contributed by atoms with Gasteiger partial charge in [0.2, 0.25) is 0 Å². The number of aliphatic hydroxyl groups is 1. The van der Waals surface area contributed by atoms with E-state index in [9.17, 15) is 9.90 Å². The number of ether oxygens (including phenoxy) is 1. The van der Waals surface area contributed by atoms with Gasteiger partial charge in [0.25, 0.3) is 0 Å². The predicted molar refractivity (Wildman–Crippen MR) is 58.3 cm³/mol. The number of aliphatic hydroxyl groups excluding tert-OH is 1. The van der Waals surface area contributed by atoms with E-state index >= 15 is 0 Å². The summed E-state index contributed by atoms with van der Waals surface area (Å²) in [6.07, 6.45) is -0.359. The van der Waals surface area contributed by atoms with Crippen LogP contribution in [0.3, 0.4) is 0 Å². The van der Waals surface area contributed by atoms with Crippen LogP contribution >= 0.6 is 27.7 Å². The first-order chi connectivity index (χ1) is 5.99. The number of halogens is 1. The molecule has 5 heteroatoms. The van der Waals surface area contributed by atoms with Crippen LogP contribution in [0.4, 0.5) is 0 Å². The first-order valence-corrected chi connectivity index (χ1v) is 5.97. The van der Waals surface area contributed by atoms with Crippen molar-refractivity contribution >= 4 is 33.7 Å². The second kappa shape index (κ2) is 6.68. The van der Waals surface area contributed by atoms with E-state index in [0.717, 1.165) is 0 Å². The molecule has 0 aromatic heterocycles. The molecule has 0 radical (unpaired) electrons. The van der Waals surface area contributed by atoms with E-state index in [1.807, 2.05) is 6.92 Å². The van der Waals surface area contributed by atoms with E-state index in [2.05, 4.69) is 20.7 Å². The van der Waals surface area contributed by atoms with Crippen molar-refractivity contribution in [3.63, 3.8) is 0 Å². The molecule has 0 aliphatic heterocycles. The van der Waals surface area contributed by atoms with E-state index in [1.165, 1.54) is 18.9 Å². The maximum absolute atomic E-state index is 10.9. The quantitative estimate of drug-likeness (QED) is 0.607. The zero-order valence-corrected chi connectivity index (χ0v) is 10.4. The van der Waals surface area contributed by atoms with E-state index in [0.29, 0.717) is 5.75 Å². The summed E-state index contributed by atoms with van der Waals surface area (Å²) in [4.78, 5) is 10.7. The summed E-state index contributed by atoms with van der Waals surface area (Å²) in [7, 11) is 1.36. The van der Waals surface area contributed by atoms with Crippen LogP contribution in [0, 0.1) is 0 Å². The van der Waals surface area contributed by atoms with Gasteiger partial charge < -0.3 is 9.84 Å². The summed E-state index contributed by atoms with van der Waals surface area (Å²) < 4.78 is 4.54. The molecule has 0 aliphatic carbocycles. The molecule has 1 N–H and O–H groups in total. The summed E-state index contributed by atoms with van der Waals surface area (Å²) in [5.74, 6) is 0.337.